The summed E-state index contributed by atoms with van der Waals surface area (Å²) < 4.78 is 0. The van der Waals surface area contributed by atoms with Gasteiger partial charge in [0.2, 0.25) is 5.91 Å². The van der Waals surface area contributed by atoms with Gasteiger partial charge < -0.3 is 16.2 Å². The summed E-state index contributed by atoms with van der Waals surface area (Å²) in [6, 6.07) is 1.71. The molecule has 0 bridgehead atoms. The standard InChI is InChI=1S/C11H10ClN3O6/c12-5-1-2-6(8(3-5)15(20)21)10(17)14-7(11(18)19)4-9(13)16/h1-3,7H,4H2,(H2,13,16)(H,14,17)(H,18,19)/t7-/m1/s1. The summed E-state index contributed by atoms with van der Waals surface area (Å²) >= 11 is 5.60. The fourth-order valence-corrected chi connectivity index (χ4v) is 1.65. The Morgan fingerprint density at radius 3 is 2.52 bits per heavy atom. The summed E-state index contributed by atoms with van der Waals surface area (Å²) in [5, 5.41) is 21.8. The first-order valence-electron chi connectivity index (χ1n) is 5.48. The van der Waals surface area contributed by atoms with Crippen molar-refractivity contribution >= 4 is 35.1 Å². The van der Waals surface area contributed by atoms with Crippen LogP contribution in [0.4, 0.5) is 5.69 Å². The Kier molecular flexibility index (Phi) is 5.19. The molecule has 0 radical (unpaired) electrons. The van der Waals surface area contributed by atoms with E-state index in [1.54, 1.807) is 0 Å². The number of hydrogen-bond donors (Lipinski definition) is 3. The average Bonchev–Trinajstić information content (AvgIpc) is 2.36. The highest BCUT2D eigenvalue weighted by atomic mass is 35.5. The van der Waals surface area contributed by atoms with Crippen LogP contribution in [0.25, 0.3) is 0 Å². The van der Waals surface area contributed by atoms with Crippen molar-refractivity contribution in [1.29, 1.82) is 0 Å². The molecule has 0 fully saturated rings. The van der Waals surface area contributed by atoms with Crippen LogP contribution in [0.2, 0.25) is 5.02 Å². The second-order valence-corrected chi connectivity index (χ2v) is 4.39. The molecule has 1 aromatic carbocycles. The largest absolute Gasteiger partial charge is 0.480 e. The number of nitro groups is 1. The monoisotopic (exact) mass is 315 g/mol. The summed E-state index contributed by atoms with van der Waals surface area (Å²) in [6.45, 7) is 0. The van der Waals surface area contributed by atoms with Gasteiger partial charge in [0.15, 0.2) is 0 Å². The van der Waals surface area contributed by atoms with Crippen LogP contribution >= 0.6 is 11.6 Å². The molecule has 0 unspecified atom stereocenters. The van der Waals surface area contributed by atoms with Crippen molar-refractivity contribution in [1.82, 2.24) is 5.32 Å². The molecule has 21 heavy (non-hydrogen) atoms. The van der Waals surface area contributed by atoms with Gasteiger partial charge in [-0.15, -0.1) is 0 Å². The summed E-state index contributed by atoms with van der Waals surface area (Å²) in [6.07, 6.45) is -0.636. The Morgan fingerprint density at radius 2 is 2.05 bits per heavy atom. The Labute approximate surface area is 122 Å². The first-order chi connectivity index (χ1) is 9.72. The Bertz CT molecular complexity index is 618. The number of primary amides is 1. The minimum Gasteiger partial charge on any atom is -0.480 e. The number of nitrogens with zero attached hydrogens (tertiary/aromatic N) is 1. The van der Waals surface area contributed by atoms with Gasteiger partial charge in [-0.1, -0.05) is 11.6 Å². The number of carboxylic acids is 1. The van der Waals surface area contributed by atoms with E-state index in [-0.39, 0.29) is 10.6 Å². The van der Waals surface area contributed by atoms with Gasteiger partial charge in [0, 0.05) is 11.1 Å². The van der Waals surface area contributed by atoms with Crippen molar-refractivity contribution in [3.8, 4) is 0 Å². The summed E-state index contributed by atoms with van der Waals surface area (Å²) in [7, 11) is 0. The van der Waals surface area contributed by atoms with Crippen LogP contribution in [0.1, 0.15) is 16.8 Å². The van der Waals surface area contributed by atoms with Gasteiger partial charge in [0.25, 0.3) is 11.6 Å². The molecule has 112 valence electrons. The number of carboxylic acid groups (broad SMARTS) is 1. The first kappa shape index (κ1) is 16.4. The van der Waals surface area contributed by atoms with Gasteiger partial charge in [-0.2, -0.15) is 0 Å². The van der Waals surface area contributed by atoms with E-state index in [0.717, 1.165) is 12.1 Å². The molecule has 0 aliphatic heterocycles. The molecule has 0 aliphatic rings. The number of carbonyl (C=O) groups is 3. The first-order valence-corrected chi connectivity index (χ1v) is 5.86. The van der Waals surface area contributed by atoms with E-state index >= 15 is 0 Å². The fourth-order valence-electron chi connectivity index (χ4n) is 1.49. The molecule has 0 aliphatic carbocycles. The van der Waals surface area contributed by atoms with Crippen molar-refractivity contribution in [3.63, 3.8) is 0 Å². The zero-order chi connectivity index (χ0) is 16.2. The van der Waals surface area contributed by atoms with Crippen LogP contribution in [0.5, 0.6) is 0 Å². The number of nitro benzene ring substituents is 1. The number of hydrogen-bond acceptors (Lipinski definition) is 5. The lowest BCUT2D eigenvalue weighted by Crippen LogP contribution is -2.43. The maximum absolute atomic E-state index is 11.9. The maximum atomic E-state index is 11.9. The van der Waals surface area contributed by atoms with Crippen molar-refractivity contribution in [2.75, 3.05) is 0 Å². The number of nitrogens with two attached hydrogens (primary N) is 1. The van der Waals surface area contributed by atoms with Crippen LogP contribution < -0.4 is 11.1 Å². The van der Waals surface area contributed by atoms with Crippen LogP contribution in [0.3, 0.4) is 0 Å². The molecule has 1 aromatic rings. The van der Waals surface area contributed by atoms with Gasteiger partial charge in [-0.05, 0) is 12.1 Å². The van der Waals surface area contributed by atoms with Crippen molar-refractivity contribution < 1.29 is 24.4 Å². The third-order valence-corrected chi connectivity index (χ3v) is 2.64. The lowest BCUT2D eigenvalue weighted by atomic mass is 10.1. The van der Waals surface area contributed by atoms with Gasteiger partial charge >= 0.3 is 5.97 Å². The number of carbonyl (C=O) groups excluding carboxylic acids is 2. The number of aliphatic carboxylic acids is 1. The average molecular weight is 316 g/mol. The SMILES string of the molecule is NC(=O)C[C@@H](NC(=O)c1ccc(Cl)cc1[N+](=O)[O-])C(=O)O. The zero-order valence-electron chi connectivity index (χ0n) is 10.4. The van der Waals surface area contributed by atoms with Crippen molar-refractivity contribution in [2.24, 2.45) is 5.73 Å². The van der Waals surface area contributed by atoms with Crippen LogP contribution in [0.15, 0.2) is 18.2 Å². The van der Waals surface area contributed by atoms with E-state index in [9.17, 15) is 24.5 Å². The van der Waals surface area contributed by atoms with Crippen LogP contribution in [0, 0.1) is 10.1 Å². The third kappa shape index (κ3) is 4.42. The molecular weight excluding hydrogens is 306 g/mol. The molecule has 0 saturated heterocycles. The lowest BCUT2D eigenvalue weighted by Gasteiger charge is -2.12. The highest BCUT2D eigenvalue weighted by Crippen LogP contribution is 2.23. The Balaban J connectivity index is 3.05. The molecule has 9 nitrogen and oxygen atoms in total. The van der Waals surface area contributed by atoms with Gasteiger partial charge in [-0.3, -0.25) is 19.7 Å². The minimum atomic E-state index is -1.58. The number of rotatable bonds is 6. The topological polar surface area (TPSA) is 153 Å². The highest BCUT2D eigenvalue weighted by Gasteiger charge is 2.26. The fraction of sp³-hybridized carbons (Fsp3) is 0.182. The summed E-state index contributed by atoms with van der Waals surface area (Å²) in [4.78, 5) is 43.6. The van der Waals surface area contributed by atoms with E-state index < -0.39 is 40.9 Å². The Morgan fingerprint density at radius 1 is 1.43 bits per heavy atom. The normalized spacial score (nSPS) is 11.5. The van der Waals surface area contributed by atoms with Gasteiger partial charge in [-0.25, -0.2) is 4.79 Å². The molecule has 4 N–H and O–H groups in total. The van der Waals surface area contributed by atoms with Crippen molar-refractivity contribution in [3.05, 3.63) is 38.9 Å². The second-order valence-electron chi connectivity index (χ2n) is 3.95. The summed E-state index contributed by atoms with van der Waals surface area (Å²) in [5.41, 5.74) is 3.91. The molecule has 0 saturated carbocycles. The molecule has 10 heteroatoms. The highest BCUT2D eigenvalue weighted by molar-refractivity contribution is 6.31. The van der Waals surface area contributed by atoms with E-state index in [1.807, 2.05) is 5.32 Å². The van der Waals surface area contributed by atoms with E-state index in [2.05, 4.69) is 0 Å². The lowest BCUT2D eigenvalue weighted by molar-refractivity contribution is -0.385. The van der Waals surface area contributed by atoms with Gasteiger partial charge in [0.05, 0.1) is 11.3 Å². The zero-order valence-corrected chi connectivity index (χ0v) is 11.2. The van der Waals surface area contributed by atoms with E-state index in [4.69, 9.17) is 22.4 Å². The quantitative estimate of drug-likeness (QED) is 0.507. The molecule has 0 heterocycles. The predicted molar refractivity (Wildman–Crippen MR) is 70.8 cm³/mol. The number of nitrogens with one attached hydrogen (secondary N) is 1. The van der Waals surface area contributed by atoms with E-state index in [0.29, 0.717) is 0 Å². The molecular formula is C11H10ClN3O6. The molecule has 0 spiro atoms. The summed E-state index contributed by atoms with van der Waals surface area (Å²) in [5.74, 6) is -3.45. The number of halogens is 1. The molecule has 0 aromatic heterocycles. The number of benzene rings is 1. The molecule has 1 atom stereocenters. The predicted octanol–water partition coefficient (Wildman–Crippen LogP) is 0.307. The maximum Gasteiger partial charge on any atom is 0.326 e. The minimum absolute atomic E-state index is 0.0465. The smallest absolute Gasteiger partial charge is 0.326 e. The Hall–Kier alpha value is -2.68. The van der Waals surface area contributed by atoms with Crippen LogP contribution in [-0.2, 0) is 9.59 Å². The number of amides is 2. The van der Waals surface area contributed by atoms with Crippen LogP contribution in [-0.4, -0.2) is 33.9 Å². The second kappa shape index (κ2) is 6.66. The van der Waals surface area contributed by atoms with Gasteiger partial charge in [0.1, 0.15) is 11.6 Å². The molecule has 2 amide bonds. The van der Waals surface area contributed by atoms with E-state index in [1.165, 1.54) is 6.07 Å². The third-order valence-electron chi connectivity index (χ3n) is 2.41. The molecule has 1 rings (SSSR count). The van der Waals surface area contributed by atoms with Crippen molar-refractivity contribution in [2.45, 2.75) is 12.5 Å².